The minimum atomic E-state index is -0.390. The van der Waals surface area contributed by atoms with E-state index in [0.717, 1.165) is 11.1 Å². The highest BCUT2D eigenvalue weighted by Gasteiger charge is 2.32. The second-order valence-corrected chi connectivity index (χ2v) is 8.34. The van der Waals surface area contributed by atoms with Gasteiger partial charge in [0.2, 0.25) is 5.88 Å². The van der Waals surface area contributed by atoms with Crippen molar-refractivity contribution in [3.63, 3.8) is 0 Å². The molecule has 1 aromatic heterocycles. The number of carbonyl (C=O) groups is 2. The molecule has 0 aliphatic carbocycles. The molecule has 2 atom stereocenters. The topological polar surface area (TPSA) is 116 Å². The van der Waals surface area contributed by atoms with Crippen LogP contribution < -0.4 is 15.8 Å². The largest absolute Gasteiger partial charge is 0.480 e. The molecule has 1 aromatic carbocycles. The summed E-state index contributed by atoms with van der Waals surface area (Å²) in [6.07, 6.45) is 0.282. The lowest BCUT2D eigenvalue weighted by atomic mass is 10.0. The Bertz CT molecular complexity index is 986. The van der Waals surface area contributed by atoms with E-state index in [2.05, 4.69) is 10.3 Å². The number of methoxy groups -OCH3 is 2. The van der Waals surface area contributed by atoms with E-state index < -0.39 is 0 Å². The maximum Gasteiger partial charge on any atom is 0.320 e. The summed E-state index contributed by atoms with van der Waals surface area (Å²) in [5, 5.41) is 3.13. The molecule has 1 fully saturated rings. The van der Waals surface area contributed by atoms with E-state index in [-0.39, 0.29) is 59.5 Å². The number of aromatic nitrogens is 1. The van der Waals surface area contributed by atoms with Crippen LogP contribution in [0.15, 0.2) is 30.3 Å². The van der Waals surface area contributed by atoms with Crippen molar-refractivity contribution in [2.75, 3.05) is 39.6 Å². The number of aryl methyl sites for hydroxylation is 1. The molecule has 178 valence electrons. The van der Waals surface area contributed by atoms with Crippen LogP contribution in [0.5, 0.6) is 5.88 Å². The average molecular weight is 477 g/mol. The third-order valence-electron chi connectivity index (χ3n) is 5.54. The fourth-order valence-corrected chi connectivity index (χ4v) is 3.81. The van der Waals surface area contributed by atoms with Crippen LogP contribution in [0.25, 0.3) is 0 Å². The molecule has 1 saturated heterocycles. The van der Waals surface area contributed by atoms with Crippen molar-refractivity contribution in [3.8, 4) is 5.88 Å². The van der Waals surface area contributed by atoms with Crippen molar-refractivity contribution in [1.29, 1.82) is 0 Å². The molecule has 3 N–H and O–H groups in total. The van der Waals surface area contributed by atoms with E-state index in [1.54, 1.807) is 7.11 Å². The van der Waals surface area contributed by atoms with E-state index in [1.807, 2.05) is 36.1 Å². The predicted molar refractivity (Wildman–Crippen MR) is 124 cm³/mol. The van der Waals surface area contributed by atoms with E-state index in [1.165, 1.54) is 13.2 Å². The van der Waals surface area contributed by atoms with Gasteiger partial charge in [-0.3, -0.25) is 14.5 Å². The standard InChI is InChI=1S/C23H29ClN4O5/c1-14-4-6-15(7-5-14)13-33-20(29)12-28-9-8-18(19(11-28)31-2)26-22(30)16-10-17(24)21(25)27-23(16)32-3/h4-7,10,18-19H,8-9,11-13H2,1-3H3,(H2,25,27)(H,26,30)/t18-,19+/m1/s1. The first-order valence-corrected chi connectivity index (χ1v) is 11.0. The van der Waals surface area contributed by atoms with Gasteiger partial charge in [-0.15, -0.1) is 0 Å². The highest BCUT2D eigenvalue weighted by Crippen LogP contribution is 2.25. The van der Waals surface area contributed by atoms with Gasteiger partial charge in [0.05, 0.1) is 30.8 Å². The molecule has 1 aliphatic rings. The fraction of sp³-hybridized carbons (Fsp3) is 0.435. The van der Waals surface area contributed by atoms with E-state index in [9.17, 15) is 9.59 Å². The van der Waals surface area contributed by atoms with Gasteiger partial charge >= 0.3 is 5.97 Å². The number of anilines is 1. The van der Waals surface area contributed by atoms with Gasteiger partial charge in [-0.2, -0.15) is 4.98 Å². The number of ether oxygens (including phenoxy) is 3. The molecular formula is C23H29ClN4O5. The van der Waals surface area contributed by atoms with Crippen LogP contribution in [0, 0.1) is 6.92 Å². The Morgan fingerprint density at radius 2 is 2.00 bits per heavy atom. The predicted octanol–water partition coefficient (Wildman–Crippen LogP) is 2.20. The molecule has 0 spiro atoms. The Morgan fingerprint density at radius 3 is 2.67 bits per heavy atom. The molecule has 2 aromatic rings. The van der Waals surface area contributed by atoms with Crippen LogP contribution >= 0.6 is 11.6 Å². The number of nitrogens with one attached hydrogen (secondary N) is 1. The van der Waals surface area contributed by atoms with Crippen LogP contribution in [0.2, 0.25) is 5.02 Å². The number of piperidine rings is 1. The zero-order chi connectivity index (χ0) is 24.0. The second kappa shape index (κ2) is 11.3. The van der Waals surface area contributed by atoms with E-state index >= 15 is 0 Å². The quantitative estimate of drug-likeness (QED) is 0.557. The van der Waals surface area contributed by atoms with Crippen molar-refractivity contribution in [1.82, 2.24) is 15.2 Å². The fourth-order valence-electron chi connectivity index (χ4n) is 3.65. The average Bonchev–Trinajstić information content (AvgIpc) is 2.81. The van der Waals surface area contributed by atoms with Crippen LogP contribution in [0.3, 0.4) is 0 Å². The minimum absolute atomic E-state index is 0.0856. The van der Waals surface area contributed by atoms with Crippen molar-refractivity contribution < 1.29 is 23.8 Å². The van der Waals surface area contributed by atoms with Crippen molar-refractivity contribution in [3.05, 3.63) is 52.0 Å². The number of nitrogen functional groups attached to an aromatic ring is 1. The molecule has 3 rings (SSSR count). The number of benzene rings is 1. The Kier molecular flexibility index (Phi) is 8.49. The lowest BCUT2D eigenvalue weighted by molar-refractivity contribution is -0.147. The van der Waals surface area contributed by atoms with Gasteiger partial charge in [-0.05, 0) is 25.0 Å². The van der Waals surface area contributed by atoms with Gasteiger partial charge in [0, 0.05) is 20.2 Å². The number of esters is 1. The van der Waals surface area contributed by atoms with Gasteiger partial charge in [0.15, 0.2) is 0 Å². The maximum absolute atomic E-state index is 12.8. The molecular weight excluding hydrogens is 448 g/mol. The number of pyridine rings is 1. The second-order valence-electron chi connectivity index (χ2n) is 7.94. The van der Waals surface area contributed by atoms with E-state index in [4.69, 9.17) is 31.5 Å². The number of nitrogens with two attached hydrogens (primary N) is 1. The van der Waals surface area contributed by atoms with E-state index in [0.29, 0.717) is 19.5 Å². The third-order valence-corrected chi connectivity index (χ3v) is 5.84. The summed E-state index contributed by atoms with van der Waals surface area (Å²) >= 11 is 6.03. The van der Waals surface area contributed by atoms with Crippen LogP contribution in [0.1, 0.15) is 27.9 Å². The van der Waals surface area contributed by atoms with Crippen molar-refractivity contribution in [2.45, 2.75) is 32.1 Å². The first-order valence-electron chi connectivity index (χ1n) is 10.6. The smallest absolute Gasteiger partial charge is 0.320 e. The molecule has 0 saturated carbocycles. The van der Waals surface area contributed by atoms with Crippen LogP contribution in [-0.4, -0.2) is 67.8 Å². The zero-order valence-electron chi connectivity index (χ0n) is 19.0. The molecule has 10 heteroatoms. The number of carbonyl (C=O) groups excluding carboxylic acids is 2. The molecule has 0 unspecified atom stereocenters. The summed E-state index contributed by atoms with van der Waals surface area (Å²) in [6, 6.07) is 9.01. The maximum atomic E-state index is 12.8. The van der Waals surface area contributed by atoms with Crippen molar-refractivity contribution >= 4 is 29.3 Å². The summed E-state index contributed by atoms with van der Waals surface area (Å²) < 4.78 is 16.2. The Labute approximate surface area is 198 Å². The molecule has 9 nitrogen and oxygen atoms in total. The van der Waals surface area contributed by atoms with Crippen LogP contribution in [-0.2, 0) is 20.9 Å². The summed E-state index contributed by atoms with van der Waals surface area (Å²) in [6.45, 7) is 3.46. The first kappa shape index (κ1) is 24.8. The number of likely N-dealkylation sites (tertiary alicyclic amines) is 1. The first-order chi connectivity index (χ1) is 15.8. The number of halogens is 1. The molecule has 0 bridgehead atoms. The lowest BCUT2D eigenvalue weighted by Gasteiger charge is -2.37. The summed E-state index contributed by atoms with van der Waals surface area (Å²) in [5.41, 5.74) is 7.97. The van der Waals surface area contributed by atoms with Gasteiger partial charge in [0.25, 0.3) is 5.91 Å². The number of amides is 1. The minimum Gasteiger partial charge on any atom is -0.480 e. The van der Waals surface area contributed by atoms with Gasteiger partial charge in [-0.25, -0.2) is 0 Å². The van der Waals surface area contributed by atoms with Crippen LogP contribution in [0.4, 0.5) is 5.82 Å². The highest BCUT2D eigenvalue weighted by atomic mass is 35.5. The number of hydrogen-bond donors (Lipinski definition) is 2. The van der Waals surface area contributed by atoms with Gasteiger partial charge < -0.3 is 25.3 Å². The summed E-state index contributed by atoms with van der Waals surface area (Å²) in [4.78, 5) is 31.1. The molecule has 2 heterocycles. The number of hydrogen-bond acceptors (Lipinski definition) is 8. The summed E-state index contributed by atoms with van der Waals surface area (Å²) in [5.74, 6) is -0.515. The van der Waals surface area contributed by atoms with Crippen molar-refractivity contribution in [2.24, 2.45) is 0 Å². The normalized spacial score (nSPS) is 18.5. The third kappa shape index (κ3) is 6.56. The Balaban J connectivity index is 1.54. The number of nitrogens with zero attached hydrogens (tertiary/aromatic N) is 2. The molecule has 1 amide bonds. The SMILES string of the molecule is COc1nc(N)c(Cl)cc1C(=O)N[C@@H]1CCN(CC(=O)OCc2ccc(C)cc2)C[C@@H]1OC. The molecule has 0 radical (unpaired) electrons. The Morgan fingerprint density at radius 1 is 1.27 bits per heavy atom. The zero-order valence-corrected chi connectivity index (χ0v) is 19.7. The number of rotatable bonds is 8. The monoisotopic (exact) mass is 476 g/mol. The molecule has 33 heavy (non-hydrogen) atoms. The van der Waals surface area contributed by atoms with Gasteiger partial charge in [-0.1, -0.05) is 41.4 Å². The summed E-state index contributed by atoms with van der Waals surface area (Å²) in [7, 11) is 2.98. The Hall–Kier alpha value is -2.88. The molecule has 1 aliphatic heterocycles. The van der Waals surface area contributed by atoms with Gasteiger partial charge in [0.1, 0.15) is 18.0 Å². The highest BCUT2D eigenvalue weighted by molar-refractivity contribution is 6.33. The lowest BCUT2D eigenvalue weighted by Crippen LogP contribution is -2.55.